The number of amides is 1. The van der Waals surface area contributed by atoms with Crippen LogP contribution in [0.2, 0.25) is 0 Å². The summed E-state index contributed by atoms with van der Waals surface area (Å²) in [6.45, 7) is 7.01. The Kier molecular flexibility index (Phi) is 7.88. The summed E-state index contributed by atoms with van der Waals surface area (Å²) in [5.41, 5.74) is 1.05. The Morgan fingerprint density at radius 3 is 2.38 bits per heavy atom. The van der Waals surface area contributed by atoms with Crippen molar-refractivity contribution in [2.75, 3.05) is 6.54 Å². The molecule has 0 radical (unpaired) electrons. The molecule has 2 unspecified atom stereocenters. The Hall–Kier alpha value is -1.51. The van der Waals surface area contributed by atoms with E-state index in [-0.39, 0.29) is 6.04 Å². The first kappa shape index (κ1) is 17.5. The third-order valence-electron chi connectivity index (χ3n) is 4.16. The van der Waals surface area contributed by atoms with Crippen LogP contribution in [0.4, 0.5) is 4.79 Å². The van der Waals surface area contributed by atoms with E-state index in [9.17, 15) is 9.90 Å². The lowest BCUT2D eigenvalue weighted by molar-refractivity contribution is 0.124. The summed E-state index contributed by atoms with van der Waals surface area (Å²) in [6, 6.07) is 9.76. The fourth-order valence-corrected chi connectivity index (χ4v) is 2.61. The molecule has 1 amide bonds. The third kappa shape index (κ3) is 6.19. The van der Waals surface area contributed by atoms with E-state index in [1.54, 1.807) is 4.90 Å². The molecule has 0 aromatic heterocycles. The van der Waals surface area contributed by atoms with Gasteiger partial charge in [0.1, 0.15) is 0 Å². The Bertz CT molecular complexity index is 405. The van der Waals surface area contributed by atoms with Crippen molar-refractivity contribution in [3.8, 4) is 0 Å². The number of hydrogen-bond donors (Lipinski definition) is 1. The van der Waals surface area contributed by atoms with E-state index in [0.717, 1.165) is 12.0 Å². The Morgan fingerprint density at radius 2 is 1.81 bits per heavy atom. The van der Waals surface area contributed by atoms with E-state index >= 15 is 0 Å². The molecular weight excluding hydrogens is 262 g/mol. The Balaban J connectivity index is 2.52. The number of benzene rings is 1. The standard InChI is InChI=1S/C18H29NO2/c1-4-5-7-10-15(2)13-14-19(18(20)21)16(3)17-11-8-6-9-12-17/h6,8-9,11-12,15-16H,4-5,7,10,13-14H2,1-3H3,(H,20,21). The van der Waals surface area contributed by atoms with Gasteiger partial charge in [0.15, 0.2) is 0 Å². The highest BCUT2D eigenvalue weighted by atomic mass is 16.4. The van der Waals surface area contributed by atoms with Crippen molar-refractivity contribution in [3.63, 3.8) is 0 Å². The van der Waals surface area contributed by atoms with Crippen molar-refractivity contribution in [2.24, 2.45) is 5.92 Å². The van der Waals surface area contributed by atoms with Crippen LogP contribution in [0.3, 0.4) is 0 Å². The van der Waals surface area contributed by atoms with Gasteiger partial charge in [-0.25, -0.2) is 4.79 Å². The van der Waals surface area contributed by atoms with Gasteiger partial charge in [-0.3, -0.25) is 0 Å². The van der Waals surface area contributed by atoms with Crippen molar-refractivity contribution in [2.45, 2.75) is 58.9 Å². The summed E-state index contributed by atoms with van der Waals surface area (Å²) < 4.78 is 0. The van der Waals surface area contributed by atoms with Gasteiger partial charge >= 0.3 is 6.09 Å². The molecule has 0 fully saturated rings. The lowest BCUT2D eigenvalue weighted by Crippen LogP contribution is -2.33. The number of rotatable bonds is 9. The van der Waals surface area contributed by atoms with E-state index in [1.165, 1.54) is 25.7 Å². The predicted molar refractivity (Wildman–Crippen MR) is 87.5 cm³/mol. The number of carboxylic acid groups (broad SMARTS) is 1. The van der Waals surface area contributed by atoms with Crippen molar-refractivity contribution in [1.82, 2.24) is 4.90 Å². The third-order valence-corrected chi connectivity index (χ3v) is 4.16. The highest BCUT2D eigenvalue weighted by molar-refractivity contribution is 5.65. The zero-order chi connectivity index (χ0) is 15.7. The predicted octanol–water partition coefficient (Wildman–Crippen LogP) is 5.33. The number of carbonyl (C=O) groups is 1. The van der Waals surface area contributed by atoms with Crippen LogP contribution in [0.15, 0.2) is 30.3 Å². The van der Waals surface area contributed by atoms with Crippen molar-refractivity contribution in [3.05, 3.63) is 35.9 Å². The number of hydrogen-bond acceptors (Lipinski definition) is 1. The van der Waals surface area contributed by atoms with Crippen LogP contribution in [-0.4, -0.2) is 22.6 Å². The smallest absolute Gasteiger partial charge is 0.407 e. The van der Waals surface area contributed by atoms with Crippen LogP contribution in [0.1, 0.15) is 64.5 Å². The zero-order valence-electron chi connectivity index (χ0n) is 13.6. The molecule has 0 aliphatic carbocycles. The number of nitrogens with zero attached hydrogens (tertiary/aromatic N) is 1. The SMILES string of the molecule is CCCCCC(C)CCN(C(=O)O)C(C)c1ccccc1. The summed E-state index contributed by atoms with van der Waals surface area (Å²) >= 11 is 0. The molecule has 1 aromatic rings. The Morgan fingerprint density at radius 1 is 1.14 bits per heavy atom. The average molecular weight is 291 g/mol. The van der Waals surface area contributed by atoms with Gasteiger partial charge in [0.25, 0.3) is 0 Å². The number of unbranched alkanes of at least 4 members (excludes halogenated alkanes) is 2. The van der Waals surface area contributed by atoms with Gasteiger partial charge in [0.05, 0.1) is 6.04 Å². The normalized spacial score (nSPS) is 13.7. The first-order valence-electron chi connectivity index (χ1n) is 8.10. The second-order valence-corrected chi connectivity index (χ2v) is 5.95. The maximum atomic E-state index is 11.5. The lowest BCUT2D eigenvalue weighted by atomic mass is 9.99. The molecule has 1 aromatic carbocycles. The molecule has 0 heterocycles. The summed E-state index contributed by atoms with van der Waals surface area (Å²) in [5, 5.41) is 9.46. The maximum absolute atomic E-state index is 11.5. The van der Waals surface area contributed by atoms with E-state index in [0.29, 0.717) is 12.5 Å². The van der Waals surface area contributed by atoms with Crippen molar-refractivity contribution >= 4 is 6.09 Å². The average Bonchev–Trinajstić information content (AvgIpc) is 2.48. The minimum atomic E-state index is -0.827. The van der Waals surface area contributed by atoms with Crippen LogP contribution in [0.25, 0.3) is 0 Å². The van der Waals surface area contributed by atoms with Crippen LogP contribution >= 0.6 is 0 Å². The van der Waals surface area contributed by atoms with Crippen LogP contribution < -0.4 is 0 Å². The second-order valence-electron chi connectivity index (χ2n) is 5.95. The molecule has 0 aliphatic rings. The van der Waals surface area contributed by atoms with Crippen molar-refractivity contribution < 1.29 is 9.90 Å². The maximum Gasteiger partial charge on any atom is 0.407 e. The summed E-state index contributed by atoms with van der Waals surface area (Å²) in [5.74, 6) is 0.585. The van der Waals surface area contributed by atoms with Gasteiger partial charge in [0.2, 0.25) is 0 Å². The minimum Gasteiger partial charge on any atom is -0.465 e. The Labute approximate surface area is 129 Å². The molecule has 0 saturated heterocycles. The molecule has 21 heavy (non-hydrogen) atoms. The van der Waals surface area contributed by atoms with Crippen LogP contribution in [0.5, 0.6) is 0 Å². The van der Waals surface area contributed by atoms with Gasteiger partial charge < -0.3 is 10.0 Å². The summed E-state index contributed by atoms with van der Waals surface area (Å²) in [4.78, 5) is 13.1. The summed E-state index contributed by atoms with van der Waals surface area (Å²) in [7, 11) is 0. The molecule has 0 aliphatic heterocycles. The molecule has 1 rings (SSSR count). The topological polar surface area (TPSA) is 40.5 Å². The lowest BCUT2D eigenvalue weighted by Gasteiger charge is -2.28. The fraction of sp³-hybridized carbons (Fsp3) is 0.611. The summed E-state index contributed by atoms with van der Waals surface area (Å²) in [6.07, 6.45) is 5.06. The molecular formula is C18H29NO2. The second kappa shape index (κ2) is 9.43. The first-order chi connectivity index (χ1) is 10.1. The monoisotopic (exact) mass is 291 g/mol. The molecule has 0 bridgehead atoms. The van der Waals surface area contributed by atoms with Gasteiger partial charge in [-0.2, -0.15) is 0 Å². The first-order valence-corrected chi connectivity index (χ1v) is 8.10. The largest absolute Gasteiger partial charge is 0.465 e. The highest BCUT2D eigenvalue weighted by Gasteiger charge is 2.20. The quantitative estimate of drug-likeness (QED) is 0.624. The molecule has 2 atom stereocenters. The minimum absolute atomic E-state index is 0.0912. The molecule has 0 spiro atoms. The molecule has 0 saturated carbocycles. The van der Waals surface area contributed by atoms with E-state index in [2.05, 4.69) is 13.8 Å². The molecule has 3 heteroatoms. The fourth-order valence-electron chi connectivity index (χ4n) is 2.61. The molecule has 1 N–H and O–H groups in total. The highest BCUT2D eigenvalue weighted by Crippen LogP contribution is 2.22. The van der Waals surface area contributed by atoms with E-state index in [1.807, 2.05) is 37.3 Å². The van der Waals surface area contributed by atoms with E-state index < -0.39 is 6.09 Å². The zero-order valence-corrected chi connectivity index (χ0v) is 13.6. The molecule has 118 valence electrons. The van der Waals surface area contributed by atoms with Crippen LogP contribution in [-0.2, 0) is 0 Å². The van der Waals surface area contributed by atoms with Gasteiger partial charge in [-0.05, 0) is 24.8 Å². The van der Waals surface area contributed by atoms with Crippen LogP contribution in [0, 0.1) is 5.92 Å². The van der Waals surface area contributed by atoms with Gasteiger partial charge in [-0.15, -0.1) is 0 Å². The van der Waals surface area contributed by atoms with Gasteiger partial charge in [0, 0.05) is 6.54 Å². The van der Waals surface area contributed by atoms with Gasteiger partial charge in [-0.1, -0.05) is 69.9 Å². The molecule has 3 nitrogen and oxygen atoms in total. The van der Waals surface area contributed by atoms with Crippen molar-refractivity contribution in [1.29, 1.82) is 0 Å². The van der Waals surface area contributed by atoms with E-state index in [4.69, 9.17) is 0 Å².